The van der Waals surface area contributed by atoms with Gasteiger partial charge in [-0.25, -0.2) is 18.1 Å². The highest BCUT2D eigenvalue weighted by Crippen LogP contribution is 2.23. The molecule has 0 saturated heterocycles. The van der Waals surface area contributed by atoms with Crippen LogP contribution in [0.3, 0.4) is 0 Å². The summed E-state index contributed by atoms with van der Waals surface area (Å²) in [4.78, 5) is 5.94. The number of aromatic amines is 1. The Hall–Kier alpha value is -1.91. The molecule has 0 aliphatic carbocycles. The number of rotatable bonds is 6. The minimum absolute atomic E-state index is 0.0342. The Kier molecular flexibility index (Phi) is 4.30. The molecular formula is C11H14N4O4S2. The third kappa shape index (κ3) is 3.40. The van der Waals surface area contributed by atoms with Crippen molar-refractivity contribution in [3.05, 3.63) is 36.8 Å². The van der Waals surface area contributed by atoms with Crippen molar-refractivity contribution in [3.8, 4) is 0 Å². The molecule has 21 heavy (non-hydrogen) atoms. The van der Waals surface area contributed by atoms with Gasteiger partial charge in [0.2, 0.25) is 10.0 Å². The van der Waals surface area contributed by atoms with Gasteiger partial charge in [-0.2, -0.15) is 8.42 Å². The van der Waals surface area contributed by atoms with Gasteiger partial charge in [-0.05, 0) is 12.1 Å². The Morgan fingerprint density at radius 1 is 1.14 bits per heavy atom. The molecule has 0 radical (unpaired) electrons. The molecule has 2 aromatic rings. The second-order valence-electron chi connectivity index (χ2n) is 4.02. The van der Waals surface area contributed by atoms with Crippen LogP contribution >= 0.6 is 0 Å². The molecule has 0 bridgehead atoms. The summed E-state index contributed by atoms with van der Waals surface area (Å²) >= 11 is 0. The van der Waals surface area contributed by atoms with Gasteiger partial charge in [0.05, 0.1) is 18.2 Å². The smallest absolute Gasteiger partial charge is 0.279 e. The van der Waals surface area contributed by atoms with E-state index in [0.29, 0.717) is 0 Å². The lowest BCUT2D eigenvalue weighted by molar-refractivity contribution is 0.584. The molecule has 0 amide bonds. The standard InChI is InChI=1S/C11H14N4O4S2/c1-2-14-20(16,17)10-6-4-3-5-9(10)15-21(18,19)11-7-12-8-13-11/h3-8,14-15H,2H2,1H3,(H,12,13). The Labute approximate surface area is 122 Å². The van der Waals surface area contributed by atoms with Crippen LogP contribution in [0.4, 0.5) is 5.69 Å². The van der Waals surface area contributed by atoms with E-state index in [1.807, 2.05) is 0 Å². The molecule has 0 unspecified atom stereocenters. The monoisotopic (exact) mass is 330 g/mol. The fourth-order valence-corrected chi connectivity index (χ4v) is 3.89. The molecule has 2 rings (SSSR count). The van der Waals surface area contributed by atoms with E-state index in [0.717, 1.165) is 6.20 Å². The van der Waals surface area contributed by atoms with Crippen molar-refractivity contribution in [3.63, 3.8) is 0 Å². The van der Waals surface area contributed by atoms with Crippen LogP contribution in [-0.2, 0) is 20.0 Å². The second kappa shape index (κ2) is 5.84. The average Bonchev–Trinajstić information content (AvgIpc) is 2.93. The maximum Gasteiger partial charge on any atom is 0.279 e. The summed E-state index contributed by atoms with van der Waals surface area (Å²) in [6, 6.07) is 5.74. The first-order valence-electron chi connectivity index (χ1n) is 5.96. The lowest BCUT2D eigenvalue weighted by Crippen LogP contribution is -2.25. The zero-order valence-electron chi connectivity index (χ0n) is 11.1. The summed E-state index contributed by atoms with van der Waals surface area (Å²) in [5.41, 5.74) is -0.0342. The highest BCUT2D eigenvalue weighted by Gasteiger charge is 2.22. The van der Waals surface area contributed by atoms with Gasteiger partial charge in [-0.1, -0.05) is 19.1 Å². The third-order valence-corrected chi connectivity index (χ3v) is 5.41. The summed E-state index contributed by atoms with van der Waals surface area (Å²) in [5, 5.41) is -0.154. The molecule has 1 aromatic heterocycles. The summed E-state index contributed by atoms with van der Waals surface area (Å²) in [5.74, 6) is 0. The predicted molar refractivity (Wildman–Crippen MR) is 76.7 cm³/mol. The number of benzene rings is 1. The van der Waals surface area contributed by atoms with Crippen LogP contribution in [0.5, 0.6) is 0 Å². The lowest BCUT2D eigenvalue weighted by atomic mass is 10.3. The SMILES string of the molecule is CCNS(=O)(=O)c1ccccc1NS(=O)(=O)c1cnc[nH]1. The van der Waals surface area contributed by atoms with Crippen molar-refractivity contribution in [2.45, 2.75) is 16.8 Å². The van der Waals surface area contributed by atoms with E-state index in [2.05, 4.69) is 19.4 Å². The molecule has 0 spiro atoms. The summed E-state index contributed by atoms with van der Waals surface area (Å²) < 4.78 is 52.9. The van der Waals surface area contributed by atoms with Gasteiger partial charge in [-0.15, -0.1) is 0 Å². The van der Waals surface area contributed by atoms with Gasteiger partial charge in [-0.3, -0.25) is 4.72 Å². The number of para-hydroxylation sites is 1. The zero-order valence-corrected chi connectivity index (χ0v) is 12.7. The minimum atomic E-state index is -3.93. The Balaban J connectivity index is 2.43. The predicted octanol–water partition coefficient (Wildman–Crippen LogP) is 0.509. The van der Waals surface area contributed by atoms with Crippen LogP contribution in [0.1, 0.15) is 6.92 Å². The van der Waals surface area contributed by atoms with Crippen LogP contribution < -0.4 is 9.44 Å². The van der Waals surface area contributed by atoms with Crippen molar-refractivity contribution in [1.82, 2.24) is 14.7 Å². The van der Waals surface area contributed by atoms with Crippen LogP contribution in [0, 0.1) is 0 Å². The number of hydrogen-bond acceptors (Lipinski definition) is 5. The summed E-state index contributed by atoms with van der Waals surface area (Å²) in [6.07, 6.45) is 2.35. The molecule has 3 N–H and O–H groups in total. The maximum atomic E-state index is 12.1. The summed E-state index contributed by atoms with van der Waals surface area (Å²) in [7, 11) is -7.71. The van der Waals surface area contributed by atoms with Gasteiger partial charge in [0, 0.05) is 6.54 Å². The van der Waals surface area contributed by atoms with Crippen molar-refractivity contribution < 1.29 is 16.8 Å². The minimum Gasteiger partial charge on any atom is -0.334 e. The molecule has 1 heterocycles. The van der Waals surface area contributed by atoms with E-state index in [9.17, 15) is 16.8 Å². The van der Waals surface area contributed by atoms with Gasteiger partial charge in [0.25, 0.3) is 10.0 Å². The number of nitrogens with zero attached hydrogens (tertiary/aromatic N) is 1. The molecule has 0 atom stereocenters. The Bertz CT molecular complexity index is 814. The third-order valence-electron chi connectivity index (χ3n) is 2.52. The number of hydrogen-bond donors (Lipinski definition) is 3. The van der Waals surface area contributed by atoms with Crippen molar-refractivity contribution in [1.29, 1.82) is 0 Å². The number of sulfonamides is 2. The highest BCUT2D eigenvalue weighted by atomic mass is 32.2. The van der Waals surface area contributed by atoms with E-state index >= 15 is 0 Å². The van der Waals surface area contributed by atoms with E-state index in [4.69, 9.17) is 0 Å². The fraction of sp³-hybridized carbons (Fsp3) is 0.182. The van der Waals surface area contributed by atoms with Crippen LogP contribution in [0.15, 0.2) is 46.7 Å². The molecular weight excluding hydrogens is 316 g/mol. The first-order chi connectivity index (χ1) is 9.87. The molecule has 0 fully saturated rings. The summed E-state index contributed by atoms with van der Waals surface area (Å²) in [6.45, 7) is 1.83. The number of H-pyrrole nitrogens is 1. The van der Waals surface area contributed by atoms with Gasteiger partial charge >= 0.3 is 0 Å². The maximum absolute atomic E-state index is 12.1. The zero-order chi connectivity index (χ0) is 15.5. The fourth-order valence-electron chi connectivity index (χ4n) is 1.64. The van der Waals surface area contributed by atoms with Crippen LogP contribution in [-0.4, -0.2) is 33.3 Å². The number of aromatic nitrogens is 2. The largest absolute Gasteiger partial charge is 0.334 e. The van der Waals surface area contributed by atoms with Crippen molar-refractivity contribution in [2.24, 2.45) is 0 Å². The normalized spacial score (nSPS) is 12.2. The molecule has 0 aliphatic rings. The van der Waals surface area contributed by atoms with Gasteiger partial charge in [0.15, 0.2) is 5.03 Å². The van der Waals surface area contributed by atoms with Gasteiger partial charge < -0.3 is 4.98 Å². The van der Waals surface area contributed by atoms with Crippen molar-refractivity contribution >= 4 is 25.7 Å². The average molecular weight is 330 g/mol. The molecule has 1 aromatic carbocycles. The topological polar surface area (TPSA) is 121 Å². The molecule has 8 nitrogen and oxygen atoms in total. The van der Waals surface area contributed by atoms with E-state index in [-0.39, 0.29) is 22.2 Å². The molecule has 0 saturated carbocycles. The van der Waals surface area contributed by atoms with E-state index < -0.39 is 20.0 Å². The Morgan fingerprint density at radius 2 is 1.86 bits per heavy atom. The molecule has 114 valence electrons. The lowest BCUT2D eigenvalue weighted by Gasteiger charge is -2.12. The van der Waals surface area contributed by atoms with Crippen LogP contribution in [0.2, 0.25) is 0 Å². The van der Waals surface area contributed by atoms with E-state index in [1.165, 1.54) is 30.6 Å². The second-order valence-corrected chi connectivity index (χ2v) is 7.41. The molecule has 10 heteroatoms. The first kappa shape index (κ1) is 15.5. The number of imidazole rings is 1. The number of anilines is 1. The van der Waals surface area contributed by atoms with E-state index in [1.54, 1.807) is 6.92 Å². The number of nitrogens with one attached hydrogen (secondary N) is 3. The molecule has 0 aliphatic heterocycles. The Morgan fingerprint density at radius 3 is 2.48 bits per heavy atom. The quantitative estimate of drug-likeness (QED) is 0.712. The van der Waals surface area contributed by atoms with Gasteiger partial charge in [0.1, 0.15) is 4.90 Å². The first-order valence-corrected chi connectivity index (χ1v) is 8.93. The highest BCUT2D eigenvalue weighted by molar-refractivity contribution is 7.93. The van der Waals surface area contributed by atoms with Crippen molar-refractivity contribution in [2.75, 3.05) is 11.3 Å². The van der Waals surface area contributed by atoms with Crippen LogP contribution in [0.25, 0.3) is 0 Å².